The van der Waals surface area contributed by atoms with E-state index in [1.54, 1.807) is 0 Å². The lowest BCUT2D eigenvalue weighted by Crippen LogP contribution is -2.49. The van der Waals surface area contributed by atoms with Crippen molar-refractivity contribution >= 4 is 40.6 Å². The minimum absolute atomic E-state index is 0.0282. The van der Waals surface area contributed by atoms with Crippen molar-refractivity contribution in [2.45, 2.75) is 45.7 Å². The van der Waals surface area contributed by atoms with Crippen LogP contribution in [0.5, 0.6) is 0 Å². The molecule has 0 aliphatic heterocycles. The highest BCUT2D eigenvalue weighted by atomic mass is 127. The van der Waals surface area contributed by atoms with Crippen molar-refractivity contribution in [3.8, 4) is 9.85 Å². The van der Waals surface area contributed by atoms with E-state index in [1.165, 1.54) is 13.8 Å². The van der Waals surface area contributed by atoms with Gasteiger partial charge in [0.05, 0.1) is 6.61 Å². The summed E-state index contributed by atoms with van der Waals surface area (Å²) in [6.45, 7) is 5.24. The lowest BCUT2D eigenvalue weighted by molar-refractivity contribution is -0.146. The van der Waals surface area contributed by atoms with Crippen LogP contribution in [0.25, 0.3) is 0 Å². The molecule has 0 bridgehead atoms. The molecule has 0 radical (unpaired) electrons. The zero-order chi connectivity index (χ0) is 17.0. The standard InChI is InChI=1S/C14H21IN2O5/c1-4-5-8-22-14(20)17-10(2)12(18)16-11(3)13(19)21-9-6-7-15/h10-11H,4-5,8-9H2,1-3H3,(H,16,18)(H,17,20)/t10-,11-/m1/s1. The Morgan fingerprint density at radius 3 is 2.41 bits per heavy atom. The van der Waals surface area contributed by atoms with E-state index in [-0.39, 0.29) is 6.61 Å². The Bertz CT molecular complexity index is 444. The molecule has 0 rings (SSSR count). The first kappa shape index (κ1) is 20.5. The molecule has 0 saturated heterocycles. The van der Waals surface area contributed by atoms with Gasteiger partial charge in [-0.05, 0) is 24.2 Å². The highest BCUT2D eigenvalue weighted by Gasteiger charge is 2.22. The molecule has 0 aromatic carbocycles. The second-order valence-corrected chi connectivity index (χ2v) is 5.00. The smallest absolute Gasteiger partial charge is 0.407 e. The largest absolute Gasteiger partial charge is 0.451 e. The molecule has 0 fully saturated rings. The molecule has 2 atom stereocenters. The second-order valence-electron chi connectivity index (χ2n) is 4.46. The van der Waals surface area contributed by atoms with Gasteiger partial charge in [-0.25, -0.2) is 9.59 Å². The van der Waals surface area contributed by atoms with Gasteiger partial charge < -0.3 is 20.1 Å². The fourth-order valence-electron chi connectivity index (χ4n) is 1.25. The van der Waals surface area contributed by atoms with Crippen LogP contribution in [0, 0.1) is 9.85 Å². The summed E-state index contributed by atoms with van der Waals surface area (Å²) in [6, 6.07) is -1.65. The molecule has 0 unspecified atom stereocenters. The normalized spacial score (nSPS) is 12.2. The number of carbonyl (C=O) groups is 3. The van der Waals surface area contributed by atoms with E-state index in [1.807, 2.05) is 29.5 Å². The lowest BCUT2D eigenvalue weighted by Gasteiger charge is -2.17. The summed E-state index contributed by atoms with van der Waals surface area (Å²) < 4.78 is 12.3. The number of halogens is 1. The average molecular weight is 424 g/mol. The quantitative estimate of drug-likeness (QED) is 0.266. The molecule has 0 heterocycles. The van der Waals surface area contributed by atoms with E-state index in [0.717, 1.165) is 12.8 Å². The minimum Gasteiger partial charge on any atom is -0.451 e. The van der Waals surface area contributed by atoms with Crippen LogP contribution in [0.4, 0.5) is 4.79 Å². The molecule has 8 heteroatoms. The van der Waals surface area contributed by atoms with Gasteiger partial charge in [0, 0.05) is 22.6 Å². The predicted octanol–water partition coefficient (Wildman–Crippen LogP) is 1.35. The van der Waals surface area contributed by atoms with Gasteiger partial charge in [-0.1, -0.05) is 19.3 Å². The summed E-state index contributed by atoms with van der Waals surface area (Å²) in [5.74, 6) is 1.47. The highest BCUT2D eigenvalue weighted by molar-refractivity contribution is 14.1. The summed E-state index contributed by atoms with van der Waals surface area (Å²) in [5, 5.41) is 4.83. The average Bonchev–Trinajstić information content (AvgIpc) is 2.47. The molecule has 0 aliphatic carbocycles. The molecule has 22 heavy (non-hydrogen) atoms. The highest BCUT2D eigenvalue weighted by Crippen LogP contribution is 1.93. The number of unbranched alkanes of at least 4 members (excludes halogenated alkanes) is 1. The maximum atomic E-state index is 11.8. The lowest BCUT2D eigenvalue weighted by atomic mass is 10.2. The van der Waals surface area contributed by atoms with Crippen LogP contribution in [0.2, 0.25) is 0 Å². The molecule has 0 aromatic rings. The van der Waals surface area contributed by atoms with Crippen LogP contribution in [0.1, 0.15) is 33.6 Å². The van der Waals surface area contributed by atoms with Crippen LogP contribution in [0.3, 0.4) is 0 Å². The van der Waals surface area contributed by atoms with E-state index >= 15 is 0 Å². The molecular weight excluding hydrogens is 403 g/mol. The van der Waals surface area contributed by atoms with Crippen LogP contribution >= 0.6 is 22.6 Å². The number of alkyl carbamates (subject to hydrolysis) is 1. The Balaban J connectivity index is 4.14. The van der Waals surface area contributed by atoms with Crippen molar-refractivity contribution in [3.05, 3.63) is 0 Å². The molecule has 2 N–H and O–H groups in total. The zero-order valence-electron chi connectivity index (χ0n) is 12.9. The van der Waals surface area contributed by atoms with E-state index in [4.69, 9.17) is 9.47 Å². The van der Waals surface area contributed by atoms with Gasteiger partial charge in [0.2, 0.25) is 5.91 Å². The van der Waals surface area contributed by atoms with E-state index in [0.29, 0.717) is 6.61 Å². The third-order valence-corrected chi connectivity index (χ3v) is 2.91. The first-order chi connectivity index (χ1) is 10.4. The summed E-state index contributed by atoms with van der Waals surface area (Å²) in [5.41, 5.74) is 0. The molecule has 0 spiro atoms. The number of carbonyl (C=O) groups excluding carboxylic acids is 3. The Kier molecular flexibility index (Phi) is 11.3. The fourth-order valence-corrected chi connectivity index (χ4v) is 1.41. The number of ether oxygens (including phenoxy) is 2. The van der Waals surface area contributed by atoms with Gasteiger partial charge >= 0.3 is 12.1 Å². The Labute approximate surface area is 144 Å². The van der Waals surface area contributed by atoms with Crippen molar-refractivity contribution in [1.82, 2.24) is 10.6 Å². The number of nitrogens with one attached hydrogen (secondary N) is 2. The van der Waals surface area contributed by atoms with Crippen molar-refractivity contribution in [1.29, 1.82) is 0 Å². The molecule has 124 valence electrons. The zero-order valence-corrected chi connectivity index (χ0v) is 15.1. The monoisotopic (exact) mass is 424 g/mol. The van der Waals surface area contributed by atoms with Crippen molar-refractivity contribution in [3.63, 3.8) is 0 Å². The topological polar surface area (TPSA) is 93.7 Å². The SMILES string of the molecule is CCCCOC(=O)N[C@H](C)C(=O)N[C@H](C)C(=O)OCC#CI. The summed E-state index contributed by atoms with van der Waals surface area (Å²) in [7, 11) is 0. The molecule has 0 saturated carbocycles. The number of esters is 1. The van der Waals surface area contributed by atoms with Crippen molar-refractivity contribution in [2.75, 3.05) is 13.2 Å². The molecule has 7 nitrogen and oxygen atoms in total. The summed E-state index contributed by atoms with van der Waals surface area (Å²) in [6.07, 6.45) is 1.01. The number of amides is 2. The van der Waals surface area contributed by atoms with Crippen LogP contribution < -0.4 is 10.6 Å². The van der Waals surface area contributed by atoms with Gasteiger partial charge in [-0.3, -0.25) is 4.79 Å². The van der Waals surface area contributed by atoms with E-state index < -0.39 is 30.1 Å². The summed E-state index contributed by atoms with van der Waals surface area (Å²) >= 11 is 1.83. The molecule has 2 amide bonds. The second kappa shape index (κ2) is 12.1. The van der Waals surface area contributed by atoms with E-state index in [2.05, 4.69) is 20.5 Å². The summed E-state index contributed by atoms with van der Waals surface area (Å²) in [4.78, 5) is 34.8. The third-order valence-electron chi connectivity index (χ3n) is 2.52. The first-order valence-corrected chi connectivity index (χ1v) is 7.99. The number of rotatable bonds is 8. The number of hydrogen-bond donors (Lipinski definition) is 2. The molecular formula is C14H21IN2O5. The van der Waals surface area contributed by atoms with Crippen molar-refractivity contribution in [2.24, 2.45) is 0 Å². The minimum atomic E-state index is -0.830. The van der Waals surface area contributed by atoms with Gasteiger partial charge in [-0.15, -0.1) is 0 Å². The maximum Gasteiger partial charge on any atom is 0.407 e. The maximum absolute atomic E-state index is 11.8. The Morgan fingerprint density at radius 2 is 1.82 bits per heavy atom. The molecule has 0 aliphatic rings. The van der Waals surface area contributed by atoms with Crippen LogP contribution in [-0.4, -0.2) is 43.3 Å². The van der Waals surface area contributed by atoms with Gasteiger partial charge in [0.1, 0.15) is 12.1 Å². The third kappa shape index (κ3) is 9.44. The Morgan fingerprint density at radius 1 is 1.14 bits per heavy atom. The fraction of sp³-hybridized carbons (Fsp3) is 0.643. The number of hydrogen-bond acceptors (Lipinski definition) is 5. The van der Waals surface area contributed by atoms with Gasteiger partial charge in [0.25, 0.3) is 0 Å². The van der Waals surface area contributed by atoms with E-state index in [9.17, 15) is 14.4 Å². The van der Waals surface area contributed by atoms with Gasteiger partial charge in [0.15, 0.2) is 6.61 Å². The van der Waals surface area contributed by atoms with Gasteiger partial charge in [-0.2, -0.15) is 0 Å². The Hall–Kier alpha value is -1.50. The first-order valence-electron chi connectivity index (χ1n) is 6.91. The molecule has 0 aromatic heterocycles. The van der Waals surface area contributed by atoms with Crippen LogP contribution in [-0.2, 0) is 19.1 Å². The van der Waals surface area contributed by atoms with Crippen LogP contribution in [0.15, 0.2) is 0 Å². The van der Waals surface area contributed by atoms with Crippen molar-refractivity contribution < 1.29 is 23.9 Å². The predicted molar refractivity (Wildman–Crippen MR) is 89.2 cm³/mol.